The fourth-order valence-electron chi connectivity index (χ4n) is 2.12. The molecule has 0 atom stereocenters. The number of amides is 1. The highest BCUT2D eigenvalue weighted by Crippen LogP contribution is 2.17. The van der Waals surface area contributed by atoms with Gasteiger partial charge >= 0.3 is 0 Å². The lowest BCUT2D eigenvalue weighted by Crippen LogP contribution is -2.21. The molecule has 0 aliphatic rings. The Labute approximate surface area is 119 Å². The molecule has 0 bridgehead atoms. The molecule has 1 heterocycles. The zero-order chi connectivity index (χ0) is 14.4. The topological polar surface area (TPSA) is 45.5 Å². The molecule has 4 nitrogen and oxygen atoms in total. The van der Waals surface area contributed by atoms with E-state index in [1.165, 1.54) is 5.69 Å². The fraction of sp³-hybridized carbons (Fsp3) is 0.312. The minimum atomic E-state index is -0.0736. The summed E-state index contributed by atoms with van der Waals surface area (Å²) in [6, 6.07) is 11.5. The van der Waals surface area contributed by atoms with Crippen LogP contribution >= 0.6 is 0 Å². The molecule has 1 aromatic heterocycles. The van der Waals surface area contributed by atoms with Gasteiger partial charge in [-0.05, 0) is 50.2 Å². The Morgan fingerprint density at radius 3 is 2.40 bits per heavy atom. The normalized spacial score (nSPS) is 10.3. The van der Waals surface area contributed by atoms with Crippen molar-refractivity contribution in [1.29, 1.82) is 0 Å². The smallest absolute Gasteiger partial charge is 0.231 e. The van der Waals surface area contributed by atoms with E-state index < -0.39 is 0 Å². The van der Waals surface area contributed by atoms with Crippen molar-refractivity contribution in [1.82, 2.24) is 0 Å². The summed E-state index contributed by atoms with van der Waals surface area (Å²) in [5, 5.41) is 2.86. The van der Waals surface area contributed by atoms with Crippen molar-refractivity contribution in [2.75, 3.05) is 23.3 Å². The van der Waals surface area contributed by atoms with Crippen LogP contribution in [0.25, 0.3) is 0 Å². The Morgan fingerprint density at radius 2 is 1.85 bits per heavy atom. The van der Waals surface area contributed by atoms with E-state index in [1.807, 2.05) is 24.3 Å². The summed E-state index contributed by atoms with van der Waals surface area (Å²) < 4.78 is 5.15. The van der Waals surface area contributed by atoms with E-state index in [2.05, 4.69) is 24.1 Å². The number of carbonyl (C=O) groups is 1. The maximum atomic E-state index is 11.8. The van der Waals surface area contributed by atoms with E-state index in [0.29, 0.717) is 5.76 Å². The summed E-state index contributed by atoms with van der Waals surface area (Å²) in [5.74, 6) is 0.595. The average molecular weight is 272 g/mol. The van der Waals surface area contributed by atoms with Crippen LogP contribution in [0.1, 0.15) is 19.6 Å². The molecule has 0 aliphatic heterocycles. The molecule has 1 N–H and O–H groups in total. The fourth-order valence-corrected chi connectivity index (χ4v) is 2.12. The molecular weight excluding hydrogens is 252 g/mol. The molecule has 0 aliphatic carbocycles. The van der Waals surface area contributed by atoms with Crippen LogP contribution in [0, 0.1) is 0 Å². The number of carbonyl (C=O) groups excluding carboxylic acids is 1. The van der Waals surface area contributed by atoms with E-state index in [9.17, 15) is 4.79 Å². The lowest BCUT2D eigenvalue weighted by atomic mass is 10.2. The minimum absolute atomic E-state index is 0.0736. The third-order valence-corrected chi connectivity index (χ3v) is 3.19. The standard InChI is InChI=1S/C16H20N2O2/c1-3-18(4-2)14-9-7-13(8-10-14)17-16(19)12-15-6-5-11-20-15/h5-11H,3-4,12H2,1-2H3,(H,17,19). The van der Waals surface area contributed by atoms with Crippen LogP contribution in [0.4, 0.5) is 11.4 Å². The van der Waals surface area contributed by atoms with Crippen molar-refractivity contribution in [3.8, 4) is 0 Å². The van der Waals surface area contributed by atoms with Crippen molar-refractivity contribution in [2.45, 2.75) is 20.3 Å². The van der Waals surface area contributed by atoms with Crippen LogP contribution < -0.4 is 10.2 Å². The first-order valence-electron chi connectivity index (χ1n) is 6.90. The van der Waals surface area contributed by atoms with Crippen LogP contribution in [0.15, 0.2) is 47.1 Å². The molecule has 0 saturated carbocycles. The SMILES string of the molecule is CCN(CC)c1ccc(NC(=O)Cc2ccco2)cc1. The van der Waals surface area contributed by atoms with Gasteiger partial charge in [-0.1, -0.05) is 0 Å². The summed E-state index contributed by atoms with van der Waals surface area (Å²) >= 11 is 0. The van der Waals surface area contributed by atoms with Gasteiger partial charge in [-0.25, -0.2) is 0 Å². The van der Waals surface area contributed by atoms with Crippen molar-refractivity contribution < 1.29 is 9.21 Å². The van der Waals surface area contributed by atoms with E-state index in [-0.39, 0.29) is 12.3 Å². The van der Waals surface area contributed by atoms with Gasteiger partial charge in [0.1, 0.15) is 5.76 Å². The first kappa shape index (κ1) is 14.2. The molecule has 0 unspecified atom stereocenters. The highest BCUT2D eigenvalue weighted by molar-refractivity contribution is 5.92. The van der Waals surface area contributed by atoms with E-state index in [1.54, 1.807) is 18.4 Å². The Morgan fingerprint density at radius 1 is 1.15 bits per heavy atom. The largest absolute Gasteiger partial charge is 0.469 e. The molecule has 0 spiro atoms. The Bertz CT molecular complexity index is 528. The molecule has 1 amide bonds. The molecule has 2 aromatic rings. The third kappa shape index (κ3) is 3.63. The second-order valence-electron chi connectivity index (χ2n) is 4.52. The lowest BCUT2D eigenvalue weighted by Gasteiger charge is -2.21. The molecule has 0 saturated heterocycles. The van der Waals surface area contributed by atoms with E-state index in [4.69, 9.17) is 4.42 Å². The lowest BCUT2D eigenvalue weighted by molar-refractivity contribution is -0.115. The van der Waals surface area contributed by atoms with Crippen molar-refractivity contribution in [3.05, 3.63) is 48.4 Å². The number of benzene rings is 1. The Hall–Kier alpha value is -2.23. The van der Waals surface area contributed by atoms with Crippen LogP contribution in [0.2, 0.25) is 0 Å². The van der Waals surface area contributed by atoms with Gasteiger partial charge in [0, 0.05) is 24.5 Å². The number of nitrogens with one attached hydrogen (secondary N) is 1. The zero-order valence-corrected chi connectivity index (χ0v) is 11.9. The Kier molecular flexibility index (Phi) is 4.82. The van der Waals surface area contributed by atoms with Crippen molar-refractivity contribution in [2.24, 2.45) is 0 Å². The molecule has 2 rings (SSSR count). The average Bonchev–Trinajstić information content (AvgIpc) is 2.94. The van der Waals surface area contributed by atoms with E-state index in [0.717, 1.165) is 18.8 Å². The van der Waals surface area contributed by atoms with Gasteiger partial charge < -0.3 is 14.6 Å². The van der Waals surface area contributed by atoms with Crippen LogP contribution in [-0.4, -0.2) is 19.0 Å². The van der Waals surface area contributed by atoms with Crippen molar-refractivity contribution in [3.63, 3.8) is 0 Å². The van der Waals surface area contributed by atoms with Gasteiger partial charge in [0.05, 0.1) is 12.7 Å². The van der Waals surface area contributed by atoms with Gasteiger partial charge in [-0.3, -0.25) is 4.79 Å². The second-order valence-corrected chi connectivity index (χ2v) is 4.52. The van der Waals surface area contributed by atoms with Crippen molar-refractivity contribution >= 4 is 17.3 Å². The van der Waals surface area contributed by atoms with Gasteiger partial charge in [0.25, 0.3) is 0 Å². The van der Waals surface area contributed by atoms with Crippen LogP contribution in [0.5, 0.6) is 0 Å². The number of furan rings is 1. The number of nitrogens with zero attached hydrogens (tertiary/aromatic N) is 1. The quantitative estimate of drug-likeness (QED) is 0.877. The van der Waals surface area contributed by atoms with Gasteiger partial charge in [0.15, 0.2) is 0 Å². The highest BCUT2D eigenvalue weighted by Gasteiger charge is 2.07. The van der Waals surface area contributed by atoms with Crippen LogP contribution in [0.3, 0.4) is 0 Å². The Balaban J connectivity index is 1.95. The summed E-state index contributed by atoms with van der Waals surface area (Å²) in [7, 11) is 0. The summed E-state index contributed by atoms with van der Waals surface area (Å²) in [5.41, 5.74) is 1.97. The first-order chi connectivity index (χ1) is 9.72. The molecule has 1 aromatic carbocycles. The molecule has 0 fully saturated rings. The number of anilines is 2. The van der Waals surface area contributed by atoms with Gasteiger partial charge in [-0.15, -0.1) is 0 Å². The first-order valence-corrected chi connectivity index (χ1v) is 6.90. The molecule has 106 valence electrons. The second kappa shape index (κ2) is 6.80. The maximum absolute atomic E-state index is 11.8. The molecular formula is C16H20N2O2. The minimum Gasteiger partial charge on any atom is -0.469 e. The summed E-state index contributed by atoms with van der Waals surface area (Å²) in [6.07, 6.45) is 1.83. The maximum Gasteiger partial charge on any atom is 0.231 e. The van der Waals surface area contributed by atoms with Gasteiger partial charge in [0.2, 0.25) is 5.91 Å². The summed E-state index contributed by atoms with van der Waals surface area (Å²) in [4.78, 5) is 14.1. The van der Waals surface area contributed by atoms with Crippen LogP contribution in [-0.2, 0) is 11.2 Å². The number of rotatable bonds is 6. The molecule has 20 heavy (non-hydrogen) atoms. The predicted molar refractivity (Wildman–Crippen MR) is 81.0 cm³/mol. The predicted octanol–water partition coefficient (Wildman–Crippen LogP) is 3.31. The summed E-state index contributed by atoms with van der Waals surface area (Å²) in [6.45, 7) is 6.20. The molecule has 4 heteroatoms. The molecule has 0 radical (unpaired) electrons. The number of hydrogen-bond donors (Lipinski definition) is 1. The third-order valence-electron chi connectivity index (χ3n) is 3.19. The zero-order valence-electron chi connectivity index (χ0n) is 11.9. The monoisotopic (exact) mass is 272 g/mol. The van der Waals surface area contributed by atoms with Gasteiger partial charge in [-0.2, -0.15) is 0 Å². The highest BCUT2D eigenvalue weighted by atomic mass is 16.3. The number of hydrogen-bond acceptors (Lipinski definition) is 3. The van der Waals surface area contributed by atoms with E-state index >= 15 is 0 Å².